The van der Waals surface area contributed by atoms with E-state index in [0.29, 0.717) is 6.42 Å². The second-order valence-corrected chi connectivity index (χ2v) is 17.3. The first-order valence-electron chi connectivity index (χ1n) is 23.6. The minimum Gasteiger partial charge on any atom is -0.462 e. The minimum atomic E-state index is -4.75. The molecule has 0 aliphatic rings. The Labute approximate surface area is 345 Å². The van der Waals surface area contributed by atoms with Crippen LogP contribution in [0.25, 0.3) is 0 Å². The lowest BCUT2D eigenvalue weighted by Gasteiger charge is -2.18. The lowest BCUT2D eigenvalue weighted by Crippen LogP contribution is -2.29. The van der Waals surface area contributed by atoms with Gasteiger partial charge in [0.05, 0.1) is 6.61 Å². The van der Waals surface area contributed by atoms with Crippen molar-refractivity contribution in [2.75, 3.05) is 13.2 Å². The summed E-state index contributed by atoms with van der Waals surface area (Å²) in [4.78, 5) is 43.0. The molecule has 9 heteroatoms. The smallest absolute Gasteiger partial charge is 0.462 e. The fourth-order valence-corrected chi connectivity index (χ4v) is 7.30. The molecule has 8 nitrogen and oxygen atoms in total. The molecule has 0 radical (unpaired) electrons. The van der Waals surface area contributed by atoms with Gasteiger partial charge in [0.1, 0.15) is 6.61 Å². The molecule has 0 heterocycles. The Balaban J connectivity index is 3.82. The molecule has 0 aliphatic carbocycles. The van der Waals surface area contributed by atoms with Crippen LogP contribution in [-0.2, 0) is 28.2 Å². The van der Waals surface area contributed by atoms with Crippen LogP contribution in [0.15, 0.2) is 24.3 Å². The van der Waals surface area contributed by atoms with Crippen molar-refractivity contribution in [3.63, 3.8) is 0 Å². The van der Waals surface area contributed by atoms with E-state index in [4.69, 9.17) is 19.3 Å². The standard InChI is InChI=1S/C47H89O8P/c1-3-5-7-9-11-13-15-17-19-20-21-22-23-24-25-26-28-30-32-34-36-38-40-42-47(49)55-45(44-54-56(50,51)52)43-53-46(48)41-39-37-35-33-31-29-27-18-16-14-12-10-8-6-4-2/h15,17,20-21,45H,3-14,16,18-19,22-44H2,1-2H3,(H2,50,51,52)/b17-15-,21-20-. The molecule has 0 bridgehead atoms. The molecule has 0 spiro atoms. The van der Waals surface area contributed by atoms with Crippen LogP contribution >= 0.6 is 7.82 Å². The van der Waals surface area contributed by atoms with Gasteiger partial charge in [0.15, 0.2) is 6.10 Å². The van der Waals surface area contributed by atoms with Gasteiger partial charge < -0.3 is 19.3 Å². The molecular formula is C47H89O8P. The molecule has 1 unspecified atom stereocenters. The summed E-state index contributed by atoms with van der Waals surface area (Å²) >= 11 is 0. The lowest BCUT2D eigenvalue weighted by molar-refractivity contribution is -0.161. The van der Waals surface area contributed by atoms with E-state index in [1.54, 1.807) is 0 Å². The van der Waals surface area contributed by atoms with E-state index in [0.717, 1.165) is 44.9 Å². The van der Waals surface area contributed by atoms with E-state index in [-0.39, 0.29) is 19.4 Å². The van der Waals surface area contributed by atoms with Crippen molar-refractivity contribution in [3.05, 3.63) is 24.3 Å². The highest BCUT2D eigenvalue weighted by Crippen LogP contribution is 2.36. The number of hydrogen-bond acceptors (Lipinski definition) is 6. The molecule has 1 atom stereocenters. The Kier molecular flexibility index (Phi) is 42.0. The van der Waals surface area contributed by atoms with Crippen LogP contribution < -0.4 is 0 Å². The third kappa shape index (κ3) is 45.2. The molecule has 0 aromatic carbocycles. The maximum absolute atomic E-state index is 12.4. The van der Waals surface area contributed by atoms with Crippen LogP contribution in [0, 0.1) is 0 Å². The third-order valence-electron chi connectivity index (χ3n) is 10.5. The normalized spacial score (nSPS) is 12.6. The van der Waals surface area contributed by atoms with E-state index in [1.165, 1.54) is 167 Å². The number of rotatable bonds is 44. The van der Waals surface area contributed by atoms with Gasteiger partial charge in [-0.25, -0.2) is 4.57 Å². The van der Waals surface area contributed by atoms with E-state index in [1.807, 2.05) is 0 Å². The van der Waals surface area contributed by atoms with Gasteiger partial charge >= 0.3 is 19.8 Å². The first kappa shape index (κ1) is 54.5. The summed E-state index contributed by atoms with van der Waals surface area (Å²) in [6.45, 7) is 3.71. The van der Waals surface area contributed by atoms with Gasteiger partial charge in [0, 0.05) is 12.8 Å². The lowest BCUT2D eigenvalue weighted by atomic mass is 10.0. The molecule has 0 aromatic heterocycles. The Morgan fingerprint density at radius 2 is 0.804 bits per heavy atom. The van der Waals surface area contributed by atoms with Crippen molar-refractivity contribution < 1.29 is 37.9 Å². The van der Waals surface area contributed by atoms with Crippen molar-refractivity contribution in [3.8, 4) is 0 Å². The summed E-state index contributed by atoms with van der Waals surface area (Å²) in [6, 6.07) is 0. The second-order valence-electron chi connectivity index (χ2n) is 16.1. The average molecular weight is 813 g/mol. The van der Waals surface area contributed by atoms with Crippen LogP contribution in [0.2, 0.25) is 0 Å². The maximum Gasteiger partial charge on any atom is 0.469 e. The highest BCUT2D eigenvalue weighted by Gasteiger charge is 2.23. The molecular weight excluding hydrogens is 723 g/mol. The van der Waals surface area contributed by atoms with Crippen molar-refractivity contribution in [2.24, 2.45) is 0 Å². The van der Waals surface area contributed by atoms with Crippen molar-refractivity contribution in [1.82, 2.24) is 0 Å². The molecule has 0 saturated carbocycles. The molecule has 0 aromatic rings. The van der Waals surface area contributed by atoms with Gasteiger partial charge in [0.2, 0.25) is 0 Å². The zero-order valence-corrected chi connectivity index (χ0v) is 37.4. The summed E-state index contributed by atoms with van der Waals surface area (Å²) in [6.07, 6.45) is 50.4. The SMILES string of the molecule is CCCCCCC/C=C\C/C=C\CCCCCCCCCCCCCC(=O)OC(COC(=O)CCCCCCCCCCCCCCCCC)COP(=O)(O)O. The molecule has 0 aliphatic heterocycles. The fourth-order valence-electron chi connectivity index (χ4n) is 6.93. The quantitative estimate of drug-likeness (QED) is 0.0270. The first-order valence-corrected chi connectivity index (χ1v) is 25.2. The summed E-state index contributed by atoms with van der Waals surface area (Å²) in [5.74, 6) is -0.874. The minimum absolute atomic E-state index is 0.213. The largest absolute Gasteiger partial charge is 0.469 e. The number of allylic oxidation sites excluding steroid dienone is 4. The van der Waals surface area contributed by atoms with E-state index < -0.39 is 32.5 Å². The van der Waals surface area contributed by atoms with Gasteiger partial charge in [-0.2, -0.15) is 0 Å². The Bertz CT molecular complexity index is 962. The number of unbranched alkanes of at least 4 members (excludes halogenated alkanes) is 30. The van der Waals surface area contributed by atoms with Crippen LogP contribution in [-0.4, -0.2) is 41.0 Å². The maximum atomic E-state index is 12.4. The molecule has 0 saturated heterocycles. The zero-order chi connectivity index (χ0) is 41.1. The summed E-state index contributed by atoms with van der Waals surface area (Å²) in [7, 11) is -4.75. The summed E-state index contributed by atoms with van der Waals surface area (Å²) in [5, 5.41) is 0. The third-order valence-corrected chi connectivity index (χ3v) is 11.0. The molecule has 2 N–H and O–H groups in total. The van der Waals surface area contributed by atoms with Gasteiger partial charge in [-0.05, 0) is 44.9 Å². The number of ether oxygens (including phenoxy) is 2. The Morgan fingerprint density at radius 3 is 1.18 bits per heavy atom. The number of carbonyl (C=O) groups excluding carboxylic acids is 2. The van der Waals surface area contributed by atoms with Gasteiger partial charge in [-0.15, -0.1) is 0 Å². The van der Waals surface area contributed by atoms with Gasteiger partial charge in [-0.1, -0.05) is 212 Å². The first-order chi connectivity index (χ1) is 27.3. The van der Waals surface area contributed by atoms with Crippen LogP contribution in [0.4, 0.5) is 0 Å². The number of phosphoric acid groups is 1. The summed E-state index contributed by atoms with van der Waals surface area (Å²) < 4.78 is 26.5. The average Bonchev–Trinajstić information content (AvgIpc) is 3.17. The number of carbonyl (C=O) groups is 2. The van der Waals surface area contributed by atoms with Crippen molar-refractivity contribution >= 4 is 19.8 Å². The molecule has 330 valence electrons. The zero-order valence-electron chi connectivity index (χ0n) is 36.5. The van der Waals surface area contributed by atoms with Gasteiger partial charge in [0.25, 0.3) is 0 Å². The van der Waals surface area contributed by atoms with Crippen LogP contribution in [0.5, 0.6) is 0 Å². The highest BCUT2D eigenvalue weighted by atomic mass is 31.2. The van der Waals surface area contributed by atoms with E-state index in [2.05, 4.69) is 42.7 Å². The predicted octanol–water partition coefficient (Wildman–Crippen LogP) is 14.7. The van der Waals surface area contributed by atoms with E-state index >= 15 is 0 Å². The Hall–Kier alpha value is -1.47. The molecule has 0 amide bonds. The number of hydrogen-bond donors (Lipinski definition) is 2. The fraction of sp³-hybridized carbons (Fsp3) is 0.872. The molecule has 0 fully saturated rings. The Morgan fingerprint density at radius 1 is 0.464 bits per heavy atom. The monoisotopic (exact) mass is 813 g/mol. The number of esters is 2. The molecule has 0 rings (SSSR count). The van der Waals surface area contributed by atoms with Crippen LogP contribution in [0.3, 0.4) is 0 Å². The highest BCUT2D eigenvalue weighted by molar-refractivity contribution is 7.46. The number of phosphoric ester groups is 1. The second kappa shape index (κ2) is 43.1. The topological polar surface area (TPSA) is 119 Å². The summed E-state index contributed by atoms with van der Waals surface area (Å²) in [5.41, 5.74) is 0. The van der Waals surface area contributed by atoms with Crippen molar-refractivity contribution in [2.45, 2.75) is 251 Å². The van der Waals surface area contributed by atoms with Gasteiger partial charge in [-0.3, -0.25) is 14.1 Å². The predicted molar refractivity (Wildman–Crippen MR) is 235 cm³/mol. The molecule has 56 heavy (non-hydrogen) atoms. The van der Waals surface area contributed by atoms with Crippen molar-refractivity contribution in [1.29, 1.82) is 0 Å². The van der Waals surface area contributed by atoms with E-state index in [9.17, 15) is 14.2 Å². The van der Waals surface area contributed by atoms with Crippen LogP contribution in [0.1, 0.15) is 245 Å².